The van der Waals surface area contributed by atoms with Gasteiger partial charge in [0, 0.05) is 18.0 Å². The molecule has 0 bridgehead atoms. The molecule has 0 radical (unpaired) electrons. The number of nitro benzene ring substituents is 1. The van der Waals surface area contributed by atoms with Gasteiger partial charge in [-0.3, -0.25) is 24.5 Å². The number of amides is 3. The summed E-state index contributed by atoms with van der Waals surface area (Å²) in [5, 5.41) is 14.0. The number of rotatable bonds is 4. The van der Waals surface area contributed by atoms with Crippen LogP contribution in [0.2, 0.25) is 5.02 Å². The lowest BCUT2D eigenvalue weighted by Crippen LogP contribution is -2.46. The second-order valence-electron chi connectivity index (χ2n) is 9.09. The maximum atomic E-state index is 13.8. The van der Waals surface area contributed by atoms with Crippen molar-refractivity contribution in [3.63, 3.8) is 0 Å². The molecule has 3 amide bonds. The van der Waals surface area contributed by atoms with E-state index in [9.17, 15) is 24.5 Å². The smallest absolute Gasteiger partial charge is 0.289 e. The van der Waals surface area contributed by atoms with Crippen LogP contribution < -0.4 is 10.2 Å². The summed E-state index contributed by atoms with van der Waals surface area (Å²) in [5.41, 5.74) is 2.03. The molecule has 9 nitrogen and oxygen atoms in total. The number of benzene rings is 3. The number of hydrogen-bond donors (Lipinski definition) is 1. The van der Waals surface area contributed by atoms with Crippen molar-refractivity contribution >= 4 is 52.5 Å². The normalized spacial score (nSPS) is 23.5. The Morgan fingerprint density at radius 2 is 1.65 bits per heavy atom. The van der Waals surface area contributed by atoms with E-state index in [4.69, 9.17) is 11.6 Å². The highest BCUT2D eigenvalue weighted by Crippen LogP contribution is 2.53. The molecule has 0 aliphatic carbocycles. The molecule has 0 aromatic heterocycles. The molecule has 3 aromatic carbocycles. The summed E-state index contributed by atoms with van der Waals surface area (Å²) in [6.07, 6.45) is 3.59. The van der Waals surface area contributed by atoms with Gasteiger partial charge < -0.3 is 10.2 Å². The van der Waals surface area contributed by atoms with Crippen LogP contribution in [0.4, 0.5) is 17.1 Å². The Bertz CT molecular complexity index is 1510. The Balaban J connectivity index is 1.42. The van der Waals surface area contributed by atoms with Crippen LogP contribution in [0.15, 0.2) is 79.0 Å². The molecule has 2 fully saturated rings. The van der Waals surface area contributed by atoms with E-state index in [1.54, 1.807) is 41.4 Å². The van der Waals surface area contributed by atoms with Gasteiger partial charge in [-0.15, -0.1) is 0 Å². The van der Waals surface area contributed by atoms with Crippen LogP contribution >= 0.6 is 11.6 Å². The van der Waals surface area contributed by atoms with Gasteiger partial charge >= 0.3 is 0 Å². The average molecular weight is 515 g/mol. The van der Waals surface area contributed by atoms with Gasteiger partial charge in [-0.05, 0) is 41.5 Å². The molecule has 2 saturated heterocycles. The molecule has 10 heteroatoms. The van der Waals surface area contributed by atoms with E-state index in [0.29, 0.717) is 5.69 Å². The molecule has 0 unspecified atom stereocenters. The van der Waals surface area contributed by atoms with Crippen molar-refractivity contribution < 1.29 is 19.3 Å². The fourth-order valence-corrected chi connectivity index (χ4v) is 5.82. The van der Waals surface area contributed by atoms with Crippen LogP contribution in [0.5, 0.6) is 0 Å². The third-order valence-corrected chi connectivity index (χ3v) is 7.47. The first-order valence-electron chi connectivity index (χ1n) is 11.6. The van der Waals surface area contributed by atoms with E-state index in [1.807, 2.05) is 30.3 Å². The first-order chi connectivity index (χ1) is 17.9. The summed E-state index contributed by atoms with van der Waals surface area (Å²) >= 11 is 5.92. The molecule has 1 N–H and O–H groups in total. The van der Waals surface area contributed by atoms with Crippen LogP contribution in [-0.4, -0.2) is 33.6 Å². The van der Waals surface area contributed by atoms with Crippen molar-refractivity contribution in [1.29, 1.82) is 0 Å². The minimum absolute atomic E-state index is 0.0605. The molecule has 4 atom stereocenters. The van der Waals surface area contributed by atoms with Gasteiger partial charge in [-0.25, -0.2) is 4.90 Å². The van der Waals surface area contributed by atoms with Crippen LogP contribution in [0.25, 0.3) is 6.08 Å². The zero-order chi connectivity index (χ0) is 25.8. The average Bonchev–Trinajstić information content (AvgIpc) is 3.38. The van der Waals surface area contributed by atoms with Crippen molar-refractivity contribution in [1.82, 2.24) is 4.90 Å². The Labute approximate surface area is 216 Å². The molecule has 0 saturated carbocycles. The van der Waals surface area contributed by atoms with E-state index in [2.05, 4.69) is 5.32 Å². The third-order valence-electron chi connectivity index (χ3n) is 7.15. The van der Waals surface area contributed by atoms with E-state index in [1.165, 1.54) is 23.1 Å². The summed E-state index contributed by atoms with van der Waals surface area (Å²) in [5.74, 6) is -3.10. The summed E-state index contributed by atoms with van der Waals surface area (Å²) in [6.45, 7) is 0. The SMILES string of the molecule is O=C(Nc1ccc(Cl)c([N+](=O)[O-])c1)[C@@H]1[C@@H]2C(=O)N(c3ccccc3)C(=O)[C@@H]2[C@H]2c3ccccc3C=CN12. The van der Waals surface area contributed by atoms with Crippen molar-refractivity contribution in [2.24, 2.45) is 11.8 Å². The minimum Gasteiger partial charge on any atom is -0.357 e. The van der Waals surface area contributed by atoms with Gasteiger partial charge in [0.15, 0.2) is 0 Å². The molecule has 6 rings (SSSR count). The molecule has 37 heavy (non-hydrogen) atoms. The Morgan fingerprint density at radius 3 is 2.41 bits per heavy atom. The first kappa shape index (κ1) is 22.9. The second kappa shape index (κ2) is 8.56. The topological polar surface area (TPSA) is 113 Å². The summed E-state index contributed by atoms with van der Waals surface area (Å²) < 4.78 is 0. The van der Waals surface area contributed by atoms with Crippen LogP contribution in [0.1, 0.15) is 17.2 Å². The number of fused-ring (bicyclic) bond motifs is 5. The molecular formula is C27H19ClN4O5. The number of anilines is 2. The maximum Gasteiger partial charge on any atom is 0.289 e. The van der Waals surface area contributed by atoms with E-state index < -0.39 is 40.7 Å². The number of halogens is 1. The zero-order valence-corrected chi connectivity index (χ0v) is 19.9. The van der Waals surface area contributed by atoms with Crippen LogP contribution in [0.3, 0.4) is 0 Å². The number of nitrogens with one attached hydrogen (secondary N) is 1. The highest BCUT2D eigenvalue weighted by Gasteiger charge is 2.64. The van der Waals surface area contributed by atoms with E-state index in [-0.39, 0.29) is 22.3 Å². The van der Waals surface area contributed by atoms with Crippen molar-refractivity contribution in [3.8, 4) is 0 Å². The zero-order valence-electron chi connectivity index (χ0n) is 19.2. The van der Waals surface area contributed by atoms with Gasteiger partial charge in [0.05, 0.1) is 28.5 Å². The van der Waals surface area contributed by atoms with E-state index in [0.717, 1.165) is 11.1 Å². The standard InChI is InChI=1S/C27H19ClN4O5/c28-19-11-10-16(14-20(19)32(36)37)29-25(33)24-22-21(23-18-9-5-4-6-15(18)12-13-30(23)24)26(34)31(27(22)35)17-7-2-1-3-8-17/h1-14,21-24H,(H,29,33)/t21-,22+,23+,24-/m0/s1. The van der Waals surface area contributed by atoms with E-state index >= 15 is 0 Å². The third kappa shape index (κ3) is 3.50. The van der Waals surface area contributed by atoms with Gasteiger partial charge in [0.1, 0.15) is 11.1 Å². The molecular weight excluding hydrogens is 496 g/mol. The molecule has 0 spiro atoms. The predicted molar refractivity (Wildman–Crippen MR) is 136 cm³/mol. The van der Waals surface area contributed by atoms with Gasteiger partial charge in [0.25, 0.3) is 5.69 Å². The summed E-state index contributed by atoms with van der Waals surface area (Å²) in [6, 6.07) is 18.6. The number of carbonyl (C=O) groups is 3. The number of carbonyl (C=O) groups excluding carboxylic acids is 3. The highest BCUT2D eigenvalue weighted by molar-refractivity contribution is 6.32. The number of nitro groups is 1. The number of imide groups is 1. The molecule has 3 aliphatic rings. The van der Waals surface area contributed by atoms with Crippen molar-refractivity contribution in [3.05, 3.63) is 105 Å². The van der Waals surface area contributed by atoms with Crippen molar-refractivity contribution in [2.75, 3.05) is 10.2 Å². The fraction of sp³-hybridized carbons (Fsp3) is 0.148. The Kier molecular flexibility index (Phi) is 5.31. The van der Waals surface area contributed by atoms with Crippen molar-refractivity contribution in [2.45, 2.75) is 12.1 Å². The number of nitrogens with zero attached hydrogens (tertiary/aromatic N) is 3. The van der Waals surface area contributed by atoms with Gasteiger partial charge in [0.2, 0.25) is 17.7 Å². The Morgan fingerprint density at radius 1 is 0.946 bits per heavy atom. The Hall–Kier alpha value is -4.50. The first-order valence-corrected chi connectivity index (χ1v) is 12.0. The lowest BCUT2D eigenvalue weighted by molar-refractivity contribution is -0.384. The summed E-state index contributed by atoms with van der Waals surface area (Å²) in [4.78, 5) is 54.9. The van der Waals surface area contributed by atoms with Crippen LogP contribution in [0, 0.1) is 22.0 Å². The number of hydrogen-bond acceptors (Lipinski definition) is 6. The molecule has 3 heterocycles. The molecule has 184 valence electrons. The summed E-state index contributed by atoms with van der Waals surface area (Å²) in [7, 11) is 0. The lowest BCUT2D eigenvalue weighted by Gasteiger charge is -2.35. The quantitative estimate of drug-likeness (QED) is 0.313. The second-order valence-corrected chi connectivity index (χ2v) is 9.50. The lowest BCUT2D eigenvalue weighted by atomic mass is 9.84. The predicted octanol–water partition coefficient (Wildman–Crippen LogP) is 4.40. The largest absolute Gasteiger partial charge is 0.357 e. The van der Waals surface area contributed by atoms with Crippen LogP contribution in [-0.2, 0) is 14.4 Å². The van der Waals surface area contributed by atoms with Gasteiger partial charge in [-0.2, -0.15) is 0 Å². The fourth-order valence-electron chi connectivity index (χ4n) is 5.64. The number of para-hydroxylation sites is 1. The molecule has 3 aromatic rings. The maximum absolute atomic E-state index is 13.8. The minimum atomic E-state index is -1.01. The monoisotopic (exact) mass is 514 g/mol. The highest BCUT2D eigenvalue weighted by atomic mass is 35.5. The van der Waals surface area contributed by atoms with Gasteiger partial charge in [-0.1, -0.05) is 54.1 Å². The molecule has 3 aliphatic heterocycles.